The first kappa shape index (κ1) is 13.4. The summed E-state index contributed by atoms with van der Waals surface area (Å²) in [7, 11) is 0. The normalized spacial score (nSPS) is 23.2. The molecule has 3 rings (SSSR count). The molecule has 2 fully saturated rings. The van der Waals surface area contributed by atoms with Gasteiger partial charge in [-0.15, -0.1) is 0 Å². The number of nitrogens with two attached hydrogens (primary N) is 1. The van der Waals surface area contributed by atoms with Crippen molar-refractivity contribution in [2.75, 3.05) is 31.6 Å². The summed E-state index contributed by atoms with van der Waals surface area (Å²) in [5.74, 6) is 5.57. The number of anilines is 1. The maximum atomic E-state index is 12.6. The number of amides is 1. The van der Waals surface area contributed by atoms with Gasteiger partial charge in [0.1, 0.15) is 0 Å². The Morgan fingerprint density at radius 1 is 1.20 bits per heavy atom. The topological polar surface area (TPSA) is 61.6 Å². The molecule has 3 N–H and O–H groups in total. The van der Waals surface area contributed by atoms with Gasteiger partial charge >= 0.3 is 0 Å². The number of rotatable bonds is 3. The fraction of sp³-hybridized carbons (Fsp3) is 0.533. The minimum absolute atomic E-state index is 0.0836. The number of nitrogens with one attached hydrogen (secondary N) is 1. The van der Waals surface area contributed by atoms with E-state index in [1.165, 1.54) is 25.9 Å². The van der Waals surface area contributed by atoms with Crippen LogP contribution in [0.2, 0.25) is 0 Å². The van der Waals surface area contributed by atoms with E-state index in [-0.39, 0.29) is 5.91 Å². The second-order valence-electron chi connectivity index (χ2n) is 5.63. The van der Waals surface area contributed by atoms with Gasteiger partial charge in [-0.1, -0.05) is 12.1 Å². The van der Waals surface area contributed by atoms with Crippen molar-refractivity contribution >= 4 is 11.6 Å². The van der Waals surface area contributed by atoms with Crippen molar-refractivity contribution in [3.05, 3.63) is 29.8 Å². The third kappa shape index (κ3) is 2.51. The highest BCUT2D eigenvalue weighted by Gasteiger charge is 2.32. The van der Waals surface area contributed by atoms with Crippen LogP contribution in [0.3, 0.4) is 0 Å². The summed E-state index contributed by atoms with van der Waals surface area (Å²) < 4.78 is 0. The van der Waals surface area contributed by atoms with Crippen LogP contribution in [0, 0.1) is 0 Å². The molecule has 0 aliphatic carbocycles. The van der Waals surface area contributed by atoms with Crippen molar-refractivity contribution in [1.29, 1.82) is 0 Å². The number of para-hydroxylation sites is 1. The number of carbonyl (C=O) groups is 1. The van der Waals surface area contributed by atoms with Crippen LogP contribution in [-0.2, 0) is 0 Å². The van der Waals surface area contributed by atoms with Crippen LogP contribution >= 0.6 is 0 Å². The molecule has 1 unspecified atom stereocenters. The van der Waals surface area contributed by atoms with E-state index in [2.05, 4.69) is 10.3 Å². The van der Waals surface area contributed by atoms with Crippen molar-refractivity contribution in [3.63, 3.8) is 0 Å². The zero-order chi connectivity index (χ0) is 13.9. The van der Waals surface area contributed by atoms with Crippen molar-refractivity contribution in [3.8, 4) is 0 Å². The molecule has 1 amide bonds. The molecule has 2 heterocycles. The van der Waals surface area contributed by atoms with Gasteiger partial charge in [-0.3, -0.25) is 15.5 Å². The monoisotopic (exact) mass is 274 g/mol. The Bertz CT molecular complexity index is 485. The van der Waals surface area contributed by atoms with Gasteiger partial charge in [0.05, 0.1) is 11.3 Å². The fourth-order valence-corrected chi connectivity index (χ4v) is 3.30. The van der Waals surface area contributed by atoms with E-state index < -0.39 is 0 Å². The van der Waals surface area contributed by atoms with Gasteiger partial charge in [0.15, 0.2) is 0 Å². The minimum atomic E-state index is 0.0836. The molecule has 2 aliphatic rings. The van der Waals surface area contributed by atoms with E-state index in [1.807, 2.05) is 29.2 Å². The Hall–Kier alpha value is -1.59. The first-order valence-electron chi connectivity index (χ1n) is 7.38. The quantitative estimate of drug-likeness (QED) is 0.644. The first-order chi connectivity index (χ1) is 9.79. The molecule has 1 aromatic carbocycles. The molecule has 0 aromatic heterocycles. The minimum Gasteiger partial charge on any atom is -0.337 e. The van der Waals surface area contributed by atoms with E-state index in [1.54, 1.807) is 0 Å². The van der Waals surface area contributed by atoms with Crippen LogP contribution in [0.25, 0.3) is 0 Å². The standard InChI is InChI=1S/C15H22N4O/c16-17-14-6-2-1-5-13(14)15(20)19-10-7-12(11-19)18-8-3-4-9-18/h1-2,5-6,12,17H,3-4,7-11,16H2. The lowest BCUT2D eigenvalue weighted by atomic mass is 10.1. The molecule has 0 bridgehead atoms. The Balaban J connectivity index is 1.69. The molecule has 0 radical (unpaired) electrons. The summed E-state index contributed by atoms with van der Waals surface area (Å²) in [6, 6.07) is 7.96. The largest absolute Gasteiger partial charge is 0.337 e. The Morgan fingerprint density at radius 2 is 1.95 bits per heavy atom. The predicted octanol–water partition coefficient (Wildman–Crippen LogP) is 1.28. The molecular formula is C15H22N4O. The van der Waals surface area contributed by atoms with E-state index >= 15 is 0 Å². The van der Waals surface area contributed by atoms with Crippen molar-refractivity contribution < 1.29 is 4.79 Å². The van der Waals surface area contributed by atoms with E-state index in [4.69, 9.17) is 5.84 Å². The van der Waals surface area contributed by atoms with Crippen LogP contribution in [0.5, 0.6) is 0 Å². The molecule has 20 heavy (non-hydrogen) atoms. The van der Waals surface area contributed by atoms with Gasteiger partial charge in [-0.2, -0.15) is 0 Å². The molecular weight excluding hydrogens is 252 g/mol. The average Bonchev–Trinajstić information content (AvgIpc) is 3.16. The zero-order valence-corrected chi connectivity index (χ0v) is 11.7. The summed E-state index contributed by atoms with van der Waals surface area (Å²) >= 11 is 0. The lowest BCUT2D eigenvalue weighted by Crippen LogP contribution is -2.37. The van der Waals surface area contributed by atoms with Gasteiger partial charge in [0, 0.05) is 19.1 Å². The molecule has 0 spiro atoms. The summed E-state index contributed by atoms with van der Waals surface area (Å²) in [5, 5.41) is 0. The highest BCUT2D eigenvalue weighted by molar-refractivity contribution is 5.99. The Morgan fingerprint density at radius 3 is 2.70 bits per heavy atom. The third-order valence-corrected chi connectivity index (χ3v) is 4.42. The molecule has 1 atom stereocenters. The Labute approximate surface area is 119 Å². The Kier molecular flexibility index (Phi) is 3.89. The predicted molar refractivity (Wildman–Crippen MR) is 79.4 cm³/mol. The third-order valence-electron chi connectivity index (χ3n) is 4.42. The SMILES string of the molecule is NNc1ccccc1C(=O)N1CCC(N2CCCC2)C1. The van der Waals surface area contributed by atoms with Crippen molar-refractivity contribution in [2.24, 2.45) is 5.84 Å². The number of hydrogen-bond donors (Lipinski definition) is 2. The van der Waals surface area contributed by atoms with Gasteiger partial charge < -0.3 is 10.3 Å². The summed E-state index contributed by atoms with van der Waals surface area (Å²) in [4.78, 5) is 17.1. The number of benzene rings is 1. The van der Waals surface area contributed by atoms with Crippen LogP contribution in [0.15, 0.2) is 24.3 Å². The highest BCUT2D eigenvalue weighted by Crippen LogP contribution is 2.23. The lowest BCUT2D eigenvalue weighted by molar-refractivity contribution is 0.0781. The van der Waals surface area contributed by atoms with Gasteiger partial charge in [0.2, 0.25) is 0 Å². The second kappa shape index (κ2) is 5.81. The maximum Gasteiger partial charge on any atom is 0.256 e. The second-order valence-corrected chi connectivity index (χ2v) is 5.63. The molecule has 0 saturated carbocycles. The van der Waals surface area contributed by atoms with E-state index in [0.717, 1.165) is 19.5 Å². The molecule has 5 heteroatoms. The lowest BCUT2D eigenvalue weighted by Gasteiger charge is -2.24. The van der Waals surface area contributed by atoms with Gasteiger partial charge in [-0.05, 0) is 44.5 Å². The summed E-state index contributed by atoms with van der Waals surface area (Å²) in [5.41, 5.74) is 3.97. The van der Waals surface area contributed by atoms with E-state index in [0.29, 0.717) is 17.3 Å². The number of nitrogens with zero attached hydrogens (tertiary/aromatic N) is 2. The van der Waals surface area contributed by atoms with Crippen LogP contribution in [-0.4, -0.2) is 47.9 Å². The van der Waals surface area contributed by atoms with Crippen molar-refractivity contribution in [2.45, 2.75) is 25.3 Å². The van der Waals surface area contributed by atoms with Gasteiger partial charge in [0.25, 0.3) is 5.91 Å². The van der Waals surface area contributed by atoms with Crippen molar-refractivity contribution in [1.82, 2.24) is 9.80 Å². The van der Waals surface area contributed by atoms with Crippen LogP contribution in [0.1, 0.15) is 29.6 Å². The number of likely N-dealkylation sites (tertiary alicyclic amines) is 2. The summed E-state index contributed by atoms with van der Waals surface area (Å²) in [6.07, 6.45) is 3.68. The number of nitrogen functional groups attached to an aromatic ring is 1. The molecule has 2 saturated heterocycles. The fourth-order valence-electron chi connectivity index (χ4n) is 3.30. The summed E-state index contributed by atoms with van der Waals surface area (Å²) in [6.45, 7) is 4.07. The first-order valence-corrected chi connectivity index (χ1v) is 7.38. The zero-order valence-electron chi connectivity index (χ0n) is 11.7. The average molecular weight is 274 g/mol. The number of hydrogen-bond acceptors (Lipinski definition) is 4. The van der Waals surface area contributed by atoms with Gasteiger partial charge in [-0.25, -0.2) is 0 Å². The molecule has 1 aromatic rings. The van der Waals surface area contributed by atoms with Crippen LogP contribution < -0.4 is 11.3 Å². The molecule has 2 aliphatic heterocycles. The number of hydrazine groups is 1. The van der Waals surface area contributed by atoms with Crippen LogP contribution in [0.4, 0.5) is 5.69 Å². The molecule has 5 nitrogen and oxygen atoms in total. The molecule has 108 valence electrons. The maximum absolute atomic E-state index is 12.6. The smallest absolute Gasteiger partial charge is 0.256 e. The highest BCUT2D eigenvalue weighted by atomic mass is 16.2. The van der Waals surface area contributed by atoms with E-state index in [9.17, 15) is 4.79 Å². The number of carbonyl (C=O) groups excluding carboxylic acids is 1.